The van der Waals surface area contributed by atoms with Crippen LogP contribution in [0.3, 0.4) is 0 Å². The van der Waals surface area contributed by atoms with Gasteiger partial charge in [-0.3, -0.25) is 10.6 Å². The van der Waals surface area contributed by atoms with Crippen molar-refractivity contribution in [3.05, 3.63) is 35.2 Å². The zero-order valence-electron chi connectivity index (χ0n) is 12.2. The summed E-state index contributed by atoms with van der Waals surface area (Å²) < 4.78 is 5.03. The lowest BCUT2D eigenvalue weighted by atomic mass is 10.2. The van der Waals surface area contributed by atoms with Crippen molar-refractivity contribution >= 4 is 11.6 Å². The molecule has 8 heteroatoms. The third kappa shape index (κ3) is 3.54. The highest BCUT2D eigenvalue weighted by molar-refractivity contribution is 5.97. The number of anilines is 1. The fourth-order valence-corrected chi connectivity index (χ4v) is 1.70. The molecule has 0 aliphatic carbocycles. The number of aromatic nitrogens is 3. The van der Waals surface area contributed by atoms with E-state index in [9.17, 15) is 4.79 Å². The molecule has 2 aromatic heterocycles. The van der Waals surface area contributed by atoms with Gasteiger partial charge in [0.25, 0.3) is 5.91 Å². The minimum absolute atomic E-state index is 0.111. The highest BCUT2D eigenvalue weighted by Crippen LogP contribution is 2.15. The summed E-state index contributed by atoms with van der Waals surface area (Å²) in [6.07, 6.45) is 1.50. The van der Waals surface area contributed by atoms with Gasteiger partial charge in [0.1, 0.15) is 5.82 Å². The fourth-order valence-electron chi connectivity index (χ4n) is 1.70. The van der Waals surface area contributed by atoms with Gasteiger partial charge in [0, 0.05) is 12.0 Å². The Morgan fingerprint density at radius 3 is 2.81 bits per heavy atom. The number of nitrogens with one attached hydrogen (secondary N) is 2. The maximum atomic E-state index is 12.2. The zero-order chi connectivity index (χ0) is 15.4. The van der Waals surface area contributed by atoms with Crippen LogP contribution in [0.1, 0.15) is 47.5 Å². The van der Waals surface area contributed by atoms with Gasteiger partial charge in [-0.15, -0.1) is 0 Å². The maximum absolute atomic E-state index is 12.2. The molecule has 0 aliphatic heterocycles. The molecule has 21 heavy (non-hydrogen) atoms. The van der Waals surface area contributed by atoms with Gasteiger partial charge >= 0.3 is 0 Å². The number of nitrogen functional groups attached to an aromatic ring is 1. The second kappa shape index (κ2) is 6.31. The van der Waals surface area contributed by atoms with E-state index < -0.39 is 0 Å². The van der Waals surface area contributed by atoms with Crippen LogP contribution in [0, 0.1) is 6.92 Å². The molecule has 2 heterocycles. The normalized spacial score (nSPS) is 10.7. The number of carbonyl (C=O) groups excluding carboxylic acids is 1. The van der Waals surface area contributed by atoms with E-state index in [1.807, 2.05) is 20.8 Å². The third-order valence-electron chi connectivity index (χ3n) is 2.79. The van der Waals surface area contributed by atoms with Crippen molar-refractivity contribution in [3.63, 3.8) is 0 Å². The summed E-state index contributed by atoms with van der Waals surface area (Å²) >= 11 is 0. The standard InChI is InChI=1S/C13H18N6O2/c1-7(2)12-15-6-10(18-14)11(17-12)13(20)16-5-9-4-8(3)19-21-9/h4,6-7,18H,5,14H2,1-3H3,(H,16,20). The molecule has 0 unspecified atom stereocenters. The molecule has 0 spiro atoms. The summed E-state index contributed by atoms with van der Waals surface area (Å²) in [7, 11) is 0. The van der Waals surface area contributed by atoms with Crippen LogP contribution in [0.15, 0.2) is 16.8 Å². The van der Waals surface area contributed by atoms with Crippen molar-refractivity contribution in [3.8, 4) is 0 Å². The Hall–Kier alpha value is -2.48. The number of hydrogen-bond acceptors (Lipinski definition) is 7. The molecule has 112 valence electrons. The average molecular weight is 290 g/mol. The number of nitrogens with two attached hydrogens (primary N) is 1. The van der Waals surface area contributed by atoms with Crippen LogP contribution < -0.4 is 16.6 Å². The Morgan fingerprint density at radius 2 is 2.24 bits per heavy atom. The lowest BCUT2D eigenvalue weighted by Crippen LogP contribution is -2.26. The largest absolute Gasteiger partial charge is 0.359 e. The van der Waals surface area contributed by atoms with E-state index >= 15 is 0 Å². The number of carbonyl (C=O) groups is 1. The molecular weight excluding hydrogens is 272 g/mol. The Kier molecular flexibility index (Phi) is 4.49. The maximum Gasteiger partial charge on any atom is 0.272 e. The van der Waals surface area contributed by atoms with E-state index in [-0.39, 0.29) is 24.1 Å². The summed E-state index contributed by atoms with van der Waals surface area (Å²) in [4.78, 5) is 20.6. The van der Waals surface area contributed by atoms with Crippen molar-refractivity contribution in [1.82, 2.24) is 20.4 Å². The number of hydrazine groups is 1. The van der Waals surface area contributed by atoms with Gasteiger partial charge in [-0.05, 0) is 6.92 Å². The second-order valence-corrected chi connectivity index (χ2v) is 4.91. The molecule has 0 bridgehead atoms. The van der Waals surface area contributed by atoms with Gasteiger partial charge in [0.2, 0.25) is 0 Å². The Labute approximate surface area is 122 Å². The Balaban J connectivity index is 2.15. The van der Waals surface area contributed by atoms with E-state index in [2.05, 4.69) is 25.9 Å². The predicted molar refractivity (Wildman–Crippen MR) is 76.3 cm³/mol. The average Bonchev–Trinajstić information content (AvgIpc) is 2.89. The minimum Gasteiger partial charge on any atom is -0.359 e. The highest BCUT2D eigenvalue weighted by atomic mass is 16.5. The van der Waals surface area contributed by atoms with Crippen LogP contribution in [0.25, 0.3) is 0 Å². The molecule has 0 aromatic carbocycles. The lowest BCUT2D eigenvalue weighted by Gasteiger charge is -2.10. The van der Waals surface area contributed by atoms with Gasteiger partial charge in [0.15, 0.2) is 11.5 Å². The molecule has 0 saturated carbocycles. The molecule has 0 fully saturated rings. The number of nitrogens with zero attached hydrogens (tertiary/aromatic N) is 3. The molecule has 0 saturated heterocycles. The van der Waals surface area contributed by atoms with Gasteiger partial charge < -0.3 is 15.3 Å². The summed E-state index contributed by atoms with van der Waals surface area (Å²) in [5.74, 6) is 6.29. The van der Waals surface area contributed by atoms with Crippen molar-refractivity contribution in [2.45, 2.75) is 33.2 Å². The quantitative estimate of drug-likeness (QED) is 0.557. The van der Waals surface area contributed by atoms with Crippen LogP contribution >= 0.6 is 0 Å². The van der Waals surface area contributed by atoms with Crippen LogP contribution in [-0.2, 0) is 6.54 Å². The molecule has 2 rings (SSSR count). The summed E-state index contributed by atoms with van der Waals surface area (Å²) in [6, 6.07) is 1.75. The smallest absolute Gasteiger partial charge is 0.272 e. The van der Waals surface area contributed by atoms with Gasteiger partial charge in [-0.1, -0.05) is 19.0 Å². The van der Waals surface area contributed by atoms with E-state index in [0.29, 0.717) is 17.3 Å². The molecular formula is C13H18N6O2. The number of rotatable bonds is 5. The van der Waals surface area contributed by atoms with Crippen LogP contribution in [0.2, 0.25) is 0 Å². The highest BCUT2D eigenvalue weighted by Gasteiger charge is 2.16. The predicted octanol–water partition coefficient (Wildman–Crippen LogP) is 1.11. The van der Waals surface area contributed by atoms with Crippen LogP contribution in [-0.4, -0.2) is 21.0 Å². The first-order chi connectivity index (χ1) is 10.0. The SMILES string of the molecule is Cc1cc(CNC(=O)c2nc(C(C)C)ncc2NN)on1. The van der Waals surface area contributed by atoms with Crippen molar-refractivity contribution in [2.24, 2.45) is 5.84 Å². The first kappa shape index (κ1) is 14.9. The van der Waals surface area contributed by atoms with Crippen LogP contribution in [0.4, 0.5) is 5.69 Å². The molecule has 1 amide bonds. The third-order valence-corrected chi connectivity index (χ3v) is 2.79. The van der Waals surface area contributed by atoms with Gasteiger partial charge in [0.05, 0.1) is 24.1 Å². The van der Waals surface area contributed by atoms with E-state index in [4.69, 9.17) is 10.4 Å². The first-order valence-electron chi connectivity index (χ1n) is 6.55. The zero-order valence-corrected chi connectivity index (χ0v) is 12.2. The summed E-state index contributed by atoms with van der Waals surface area (Å²) in [5.41, 5.74) is 3.75. The van der Waals surface area contributed by atoms with E-state index in [1.54, 1.807) is 6.07 Å². The summed E-state index contributed by atoms with van der Waals surface area (Å²) in [6.45, 7) is 5.93. The van der Waals surface area contributed by atoms with Gasteiger partial charge in [-0.25, -0.2) is 9.97 Å². The number of aryl methyl sites for hydroxylation is 1. The molecule has 0 aliphatic rings. The molecule has 0 radical (unpaired) electrons. The monoisotopic (exact) mass is 290 g/mol. The molecule has 2 aromatic rings. The van der Waals surface area contributed by atoms with Gasteiger partial charge in [-0.2, -0.15) is 0 Å². The number of amides is 1. The first-order valence-corrected chi connectivity index (χ1v) is 6.55. The fraction of sp³-hybridized carbons (Fsp3) is 0.385. The molecule has 0 atom stereocenters. The van der Waals surface area contributed by atoms with Crippen LogP contribution in [0.5, 0.6) is 0 Å². The number of hydrogen-bond donors (Lipinski definition) is 3. The van der Waals surface area contributed by atoms with Crippen molar-refractivity contribution in [1.29, 1.82) is 0 Å². The summed E-state index contributed by atoms with van der Waals surface area (Å²) in [5, 5.41) is 6.46. The van der Waals surface area contributed by atoms with E-state index in [0.717, 1.165) is 5.69 Å². The topological polar surface area (TPSA) is 119 Å². The molecule has 8 nitrogen and oxygen atoms in total. The Morgan fingerprint density at radius 1 is 1.48 bits per heavy atom. The second-order valence-electron chi connectivity index (χ2n) is 4.91. The Bertz CT molecular complexity index is 637. The lowest BCUT2D eigenvalue weighted by molar-refractivity contribution is 0.0942. The van der Waals surface area contributed by atoms with Crippen molar-refractivity contribution < 1.29 is 9.32 Å². The van der Waals surface area contributed by atoms with E-state index in [1.165, 1.54) is 6.20 Å². The van der Waals surface area contributed by atoms with Crippen molar-refractivity contribution in [2.75, 3.05) is 5.43 Å². The minimum atomic E-state index is -0.360. The molecule has 4 N–H and O–H groups in total.